The van der Waals surface area contributed by atoms with Crippen molar-refractivity contribution in [3.8, 4) is 0 Å². The van der Waals surface area contributed by atoms with Gasteiger partial charge in [0, 0.05) is 22.5 Å². The molecule has 5 N–H and O–H groups in total. The molecule has 2 atom stereocenters. The molecule has 1 amide bonds. The van der Waals surface area contributed by atoms with Crippen molar-refractivity contribution in [1.82, 2.24) is 19.5 Å². The summed E-state index contributed by atoms with van der Waals surface area (Å²) in [5.74, 6) is 0.732. The minimum Gasteiger partial charge on any atom is -0.393 e. The number of nitrogens with one attached hydrogen (secondary N) is 2. The molecule has 9 nitrogen and oxygen atoms in total. The summed E-state index contributed by atoms with van der Waals surface area (Å²) in [4.78, 5) is 26.2. The molecule has 2 saturated carbocycles. The second kappa shape index (κ2) is 10.4. The number of rotatable bonds is 6. The molecule has 0 aliphatic heterocycles. The number of halogens is 3. The summed E-state index contributed by atoms with van der Waals surface area (Å²) in [6, 6.07) is 3.35. The lowest BCUT2D eigenvalue weighted by Gasteiger charge is -2.35. The fourth-order valence-electron chi connectivity index (χ4n) is 5.39. The monoisotopic (exact) mass is 565 g/mol. The van der Waals surface area contributed by atoms with Crippen LogP contribution in [-0.4, -0.2) is 42.7 Å². The number of carbonyl (C=O) groups is 1. The number of aliphatic hydroxyl groups is 1. The molecule has 2 heterocycles. The van der Waals surface area contributed by atoms with E-state index in [1.165, 1.54) is 0 Å². The largest absolute Gasteiger partial charge is 0.393 e. The Morgan fingerprint density at radius 2 is 1.84 bits per heavy atom. The standard InChI is InChI=1S/C25H30Cl3N7O2/c1-25(22(29)37)7-5-15(6-8-25)35-21-19(12-30-23(34-21)31-14-3-2-4-16(36)11-14)32-24(35)33-20-17(27)9-13(26)10-18(20)28/h9-10,12,14-16,36H,2-8,11H2,1H3,(H2,29,37)(H,32,33)(H,30,31,34)/t14-,15-,16+,25+/m1/s1. The van der Waals surface area contributed by atoms with E-state index in [1.54, 1.807) is 18.3 Å². The number of nitrogens with zero attached hydrogens (tertiary/aromatic N) is 4. The van der Waals surface area contributed by atoms with Crippen LogP contribution in [0.4, 0.5) is 17.6 Å². The zero-order chi connectivity index (χ0) is 26.3. The summed E-state index contributed by atoms with van der Waals surface area (Å²) < 4.78 is 2.04. The molecule has 3 aromatic rings. The summed E-state index contributed by atoms with van der Waals surface area (Å²) in [6.07, 6.45) is 7.53. The lowest BCUT2D eigenvalue weighted by molar-refractivity contribution is -0.128. The number of hydrogen-bond donors (Lipinski definition) is 4. The highest BCUT2D eigenvalue weighted by Crippen LogP contribution is 2.44. The van der Waals surface area contributed by atoms with E-state index < -0.39 is 5.41 Å². The molecule has 0 unspecified atom stereocenters. The van der Waals surface area contributed by atoms with Gasteiger partial charge in [-0.05, 0) is 63.5 Å². The molecule has 0 spiro atoms. The SMILES string of the molecule is C[C@]1(C(N)=O)CC[C@@H](n2c(Nc3c(Cl)cc(Cl)cc3Cl)nc3cnc(N[C@@H]4CCC[C@H](O)C4)nc32)CC1. The number of anilines is 3. The average molecular weight is 567 g/mol. The maximum atomic E-state index is 12.1. The van der Waals surface area contributed by atoms with Crippen molar-refractivity contribution in [3.63, 3.8) is 0 Å². The Morgan fingerprint density at radius 1 is 1.14 bits per heavy atom. The van der Waals surface area contributed by atoms with E-state index in [0.29, 0.717) is 63.1 Å². The van der Waals surface area contributed by atoms with E-state index >= 15 is 0 Å². The molecule has 5 rings (SSSR count). The van der Waals surface area contributed by atoms with Gasteiger partial charge < -0.3 is 21.5 Å². The lowest BCUT2D eigenvalue weighted by atomic mass is 9.73. The van der Waals surface area contributed by atoms with Crippen LogP contribution >= 0.6 is 34.8 Å². The third-order valence-corrected chi connectivity index (χ3v) is 8.49. The van der Waals surface area contributed by atoms with Gasteiger partial charge in [-0.1, -0.05) is 41.7 Å². The highest BCUT2D eigenvalue weighted by atomic mass is 35.5. The molecule has 1 aromatic carbocycles. The third kappa shape index (κ3) is 5.46. The van der Waals surface area contributed by atoms with E-state index in [9.17, 15) is 9.90 Å². The van der Waals surface area contributed by atoms with E-state index in [1.807, 2.05) is 11.5 Å². The number of fused-ring (bicyclic) bond motifs is 1. The predicted molar refractivity (Wildman–Crippen MR) is 147 cm³/mol. The molecule has 2 aliphatic rings. The number of primary amides is 1. The zero-order valence-corrected chi connectivity index (χ0v) is 22.7. The maximum absolute atomic E-state index is 12.1. The first-order chi connectivity index (χ1) is 17.6. The molecule has 2 aliphatic carbocycles. The molecule has 2 fully saturated rings. The minimum absolute atomic E-state index is 0.0176. The highest BCUT2D eigenvalue weighted by molar-refractivity contribution is 6.41. The van der Waals surface area contributed by atoms with Crippen molar-refractivity contribution >= 4 is 69.5 Å². The maximum Gasteiger partial charge on any atom is 0.224 e. The molecule has 2 aromatic heterocycles. The van der Waals surface area contributed by atoms with Crippen LogP contribution in [0.25, 0.3) is 11.2 Å². The molecule has 0 radical (unpaired) electrons. The van der Waals surface area contributed by atoms with Crippen LogP contribution < -0.4 is 16.4 Å². The number of aromatic nitrogens is 4. The normalized spacial score (nSPS) is 26.2. The quantitative estimate of drug-likeness (QED) is 0.294. The Kier molecular flexibility index (Phi) is 7.42. The minimum atomic E-state index is -0.535. The lowest BCUT2D eigenvalue weighted by Crippen LogP contribution is -2.38. The van der Waals surface area contributed by atoms with Gasteiger partial charge in [-0.2, -0.15) is 4.98 Å². The summed E-state index contributed by atoms with van der Waals surface area (Å²) in [7, 11) is 0. The van der Waals surface area contributed by atoms with Gasteiger partial charge in [-0.15, -0.1) is 0 Å². The zero-order valence-electron chi connectivity index (χ0n) is 20.5. The molecule has 0 saturated heterocycles. The summed E-state index contributed by atoms with van der Waals surface area (Å²) in [6.45, 7) is 1.92. The van der Waals surface area contributed by atoms with Crippen LogP contribution in [0.3, 0.4) is 0 Å². The van der Waals surface area contributed by atoms with Crippen molar-refractivity contribution in [1.29, 1.82) is 0 Å². The van der Waals surface area contributed by atoms with E-state index in [0.717, 1.165) is 32.1 Å². The Labute approximate surface area is 230 Å². The number of carbonyl (C=O) groups excluding carboxylic acids is 1. The number of benzene rings is 1. The van der Waals surface area contributed by atoms with Gasteiger partial charge in [0.1, 0.15) is 5.52 Å². The van der Waals surface area contributed by atoms with Crippen LogP contribution in [0, 0.1) is 5.41 Å². The average Bonchev–Trinajstić information content (AvgIpc) is 3.19. The summed E-state index contributed by atoms with van der Waals surface area (Å²) in [5, 5.41) is 17.9. The van der Waals surface area contributed by atoms with Crippen molar-refractivity contribution < 1.29 is 9.90 Å². The van der Waals surface area contributed by atoms with Crippen LogP contribution in [0.5, 0.6) is 0 Å². The van der Waals surface area contributed by atoms with Gasteiger partial charge in [0.2, 0.25) is 17.8 Å². The van der Waals surface area contributed by atoms with Crippen LogP contribution in [0.15, 0.2) is 18.3 Å². The smallest absolute Gasteiger partial charge is 0.224 e. The van der Waals surface area contributed by atoms with Crippen LogP contribution in [-0.2, 0) is 4.79 Å². The Bertz CT molecular complexity index is 1300. The summed E-state index contributed by atoms with van der Waals surface area (Å²) >= 11 is 19.0. The molecule has 0 bridgehead atoms. The van der Waals surface area contributed by atoms with E-state index in [2.05, 4.69) is 15.6 Å². The molecule has 37 heavy (non-hydrogen) atoms. The van der Waals surface area contributed by atoms with Crippen LogP contribution in [0.1, 0.15) is 64.3 Å². The topological polar surface area (TPSA) is 131 Å². The first-order valence-electron chi connectivity index (χ1n) is 12.5. The molecule has 198 valence electrons. The van der Waals surface area contributed by atoms with Crippen molar-refractivity contribution in [3.05, 3.63) is 33.4 Å². The van der Waals surface area contributed by atoms with Crippen LogP contribution in [0.2, 0.25) is 15.1 Å². The van der Waals surface area contributed by atoms with Gasteiger partial charge in [-0.25, -0.2) is 9.97 Å². The number of amides is 1. The molecular weight excluding hydrogens is 537 g/mol. The molecular formula is C25H30Cl3N7O2. The second-order valence-corrected chi connectivity index (χ2v) is 11.6. The van der Waals surface area contributed by atoms with Gasteiger partial charge in [0.15, 0.2) is 5.65 Å². The predicted octanol–water partition coefficient (Wildman–Crippen LogP) is 5.85. The number of hydrogen-bond acceptors (Lipinski definition) is 7. The fourth-order valence-corrected chi connectivity index (χ4v) is 6.30. The van der Waals surface area contributed by atoms with Gasteiger partial charge >= 0.3 is 0 Å². The highest BCUT2D eigenvalue weighted by Gasteiger charge is 2.38. The van der Waals surface area contributed by atoms with Crippen molar-refractivity contribution in [2.75, 3.05) is 10.6 Å². The van der Waals surface area contributed by atoms with Gasteiger partial charge in [-0.3, -0.25) is 9.36 Å². The Hall–Kier alpha value is -2.33. The van der Waals surface area contributed by atoms with Crippen molar-refractivity contribution in [2.24, 2.45) is 11.1 Å². The number of nitrogens with two attached hydrogens (primary N) is 1. The fraction of sp³-hybridized carbons (Fsp3) is 0.520. The van der Waals surface area contributed by atoms with Crippen molar-refractivity contribution in [2.45, 2.75) is 76.5 Å². The Balaban J connectivity index is 1.52. The number of aliphatic hydroxyl groups excluding tert-OH is 1. The Morgan fingerprint density at radius 3 is 2.49 bits per heavy atom. The molecule has 12 heteroatoms. The second-order valence-electron chi connectivity index (χ2n) is 10.4. The number of imidazole rings is 1. The first-order valence-corrected chi connectivity index (χ1v) is 13.7. The third-order valence-electron chi connectivity index (χ3n) is 7.67. The first kappa shape index (κ1) is 26.3. The van der Waals surface area contributed by atoms with E-state index in [-0.39, 0.29) is 24.1 Å². The van der Waals surface area contributed by atoms with Gasteiger partial charge in [0.05, 0.1) is 28.0 Å². The summed E-state index contributed by atoms with van der Waals surface area (Å²) in [5.41, 5.74) is 6.92. The van der Waals surface area contributed by atoms with E-state index in [4.69, 9.17) is 50.5 Å². The van der Waals surface area contributed by atoms with Gasteiger partial charge in [0.25, 0.3) is 0 Å².